The minimum Gasteiger partial charge on any atom is -0.462 e. The minimum atomic E-state index is -4.96. The first-order valence-corrected chi connectivity index (χ1v) is 41.3. The standard InChI is InChI=1S/C74H144O17P2/c1-8-9-10-11-12-24-34-41-48-55-71(76)84-61-69(91-74(79)58-51-44-37-30-23-22-27-33-40-47-54-67(6)7)63-88-92(80,81)86-59-68(75)60-87-93(82,83)89-64-70(62-85-72(77)56-49-42-35-28-21-17-19-26-32-39-46-53-66(4)5)90-73(78)57-50-43-36-29-20-16-14-13-15-18-25-31-38-45-52-65(2)3/h65-70,75H,8-64H2,1-7H3,(H,80,81)(H,82,83)/t68-,69+,70+/m0/s1. The third-order valence-corrected chi connectivity index (χ3v) is 19.0. The molecule has 0 amide bonds. The normalized spacial score (nSPS) is 14.1. The third kappa shape index (κ3) is 68.4. The SMILES string of the molecule is CCCCCCCCCCCC(=O)OC[C@H](COP(=O)(O)OC[C@H](O)COP(=O)(O)OC[C@@H](COC(=O)CCCCCCCCCCCCCC(C)C)OC(=O)CCCCCCCCCCCCCCCCC(C)C)OC(=O)CCCCCCCCCCCCC(C)C. The monoisotopic (exact) mass is 1370 g/mol. The maximum Gasteiger partial charge on any atom is 0.472 e. The molecule has 0 bridgehead atoms. The van der Waals surface area contributed by atoms with Crippen molar-refractivity contribution in [3.8, 4) is 0 Å². The molecule has 0 aromatic heterocycles. The van der Waals surface area contributed by atoms with E-state index < -0.39 is 97.5 Å². The van der Waals surface area contributed by atoms with Gasteiger partial charge in [-0.15, -0.1) is 0 Å². The van der Waals surface area contributed by atoms with E-state index in [0.29, 0.717) is 25.7 Å². The topological polar surface area (TPSA) is 237 Å². The zero-order valence-corrected chi connectivity index (χ0v) is 62.5. The van der Waals surface area contributed by atoms with Gasteiger partial charge in [0.2, 0.25) is 0 Å². The molecule has 0 saturated carbocycles. The van der Waals surface area contributed by atoms with Crippen LogP contribution in [0, 0.1) is 17.8 Å². The average Bonchev–Trinajstić information content (AvgIpc) is 1.66. The zero-order chi connectivity index (χ0) is 68.7. The Morgan fingerprint density at radius 3 is 0.731 bits per heavy atom. The van der Waals surface area contributed by atoms with Crippen LogP contribution in [-0.2, 0) is 65.4 Å². The lowest BCUT2D eigenvalue weighted by Crippen LogP contribution is -2.30. The summed E-state index contributed by atoms with van der Waals surface area (Å²) in [4.78, 5) is 72.7. The van der Waals surface area contributed by atoms with E-state index in [-0.39, 0.29) is 25.7 Å². The van der Waals surface area contributed by atoms with Crippen LogP contribution in [0.2, 0.25) is 0 Å². The Morgan fingerprint density at radius 1 is 0.290 bits per heavy atom. The van der Waals surface area contributed by atoms with E-state index in [1.54, 1.807) is 0 Å². The van der Waals surface area contributed by atoms with Crippen LogP contribution in [0.25, 0.3) is 0 Å². The molecule has 0 spiro atoms. The van der Waals surface area contributed by atoms with E-state index >= 15 is 0 Å². The molecule has 0 rings (SSSR count). The Hall–Kier alpha value is -1.94. The molecular formula is C74H144O17P2. The summed E-state index contributed by atoms with van der Waals surface area (Å²) in [7, 11) is -9.91. The molecule has 552 valence electrons. The second kappa shape index (κ2) is 64.7. The maximum absolute atomic E-state index is 13.1. The lowest BCUT2D eigenvalue weighted by molar-refractivity contribution is -0.161. The summed E-state index contributed by atoms with van der Waals surface area (Å²) >= 11 is 0. The summed E-state index contributed by atoms with van der Waals surface area (Å²) in [5, 5.41) is 10.6. The van der Waals surface area contributed by atoms with Gasteiger partial charge in [-0.05, 0) is 43.4 Å². The van der Waals surface area contributed by atoms with E-state index in [1.807, 2.05) is 0 Å². The van der Waals surface area contributed by atoms with Gasteiger partial charge in [0.15, 0.2) is 12.2 Å². The fourth-order valence-corrected chi connectivity index (χ4v) is 12.8. The van der Waals surface area contributed by atoms with Crippen molar-refractivity contribution in [1.82, 2.24) is 0 Å². The van der Waals surface area contributed by atoms with Crippen LogP contribution in [0.4, 0.5) is 0 Å². The molecule has 0 aliphatic heterocycles. The highest BCUT2D eigenvalue weighted by atomic mass is 31.2. The van der Waals surface area contributed by atoms with E-state index in [9.17, 15) is 43.2 Å². The number of aliphatic hydroxyl groups excluding tert-OH is 1. The molecule has 2 unspecified atom stereocenters. The first-order valence-electron chi connectivity index (χ1n) is 38.3. The molecule has 93 heavy (non-hydrogen) atoms. The van der Waals surface area contributed by atoms with E-state index in [2.05, 4.69) is 48.5 Å². The molecule has 0 aromatic carbocycles. The number of carbonyl (C=O) groups is 4. The zero-order valence-electron chi connectivity index (χ0n) is 60.7. The number of aliphatic hydroxyl groups is 1. The van der Waals surface area contributed by atoms with Crippen molar-refractivity contribution in [3.63, 3.8) is 0 Å². The van der Waals surface area contributed by atoms with Crippen LogP contribution in [0.5, 0.6) is 0 Å². The number of hydrogen-bond acceptors (Lipinski definition) is 15. The van der Waals surface area contributed by atoms with Crippen LogP contribution < -0.4 is 0 Å². The van der Waals surface area contributed by atoms with Gasteiger partial charge in [0.1, 0.15) is 19.3 Å². The largest absolute Gasteiger partial charge is 0.472 e. The highest BCUT2D eigenvalue weighted by Crippen LogP contribution is 2.45. The predicted molar refractivity (Wildman–Crippen MR) is 377 cm³/mol. The molecule has 0 aromatic rings. The second-order valence-corrected chi connectivity index (χ2v) is 31.0. The molecule has 5 atom stereocenters. The fraction of sp³-hybridized carbons (Fsp3) is 0.946. The van der Waals surface area contributed by atoms with E-state index in [0.717, 1.165) is 108 Å². The molecule has 0 fully saturated rings. The number of esters is 4. The molecule has 0 heterocycles. The Labute approximate surface area is 568 Å². The number of phosphoric acid groups is 2. The summed E-state index contributed by atoms with van der Waals surface area (Å²) in [5.74, 6) is 0.197. The Kier molecular flexibility index (Phi) is 63.4. The summed E-state index contributed by atoms with van der Waals surface area (Å²) in [6.45, 7) is 11.9. The molecule has 0 saturated heterocycles. The number of hydrogen-bond donors (Lipinski definition) is 3. The van der Waals surface area contributed by atoms with Gasteiger partial charge >= 0.3 is 39.5 Å². The highest BCUT2D eigenvalue weighted by Gasteiger charge is 2.30. The molecule has 17 nitrogen and oxygen atoms in total. The van der Waals surface area contributed by atoms with Gasteiger partial charge < -0.3 is 33.8 Å². The predicted octanol–water partition coefficient (Wildman–Crippen LogP) is 21.4. The Bertz CT molecular complexity index is 1820. The van der Waals surface area contributed by atoms with Gasteiger partial charge in [-0.3, -0.25) is 37.3 Å². The Morgan fingerprint density at radius 2 is 0.495 bits per heavy atom. The summed E-state index contributed by atoms with van der Waals surface area (Å²) in [6.07, 6.45) is 49.9. The van der Waals surface area contributed by atoms with Gasteiger partial charge in [-0.2, -0.15) is 0 Å². The number of unbranched alkanes of at least 4 members (excludes halogenated alkanes) is 40. The van der Waals surface area contributed by atoms with Crippen molar-refractivity contribution in [1.29, 1.82) is 0 Å². The summed E-state index contributed by atoms with van der Waals surface area (Å²) in [5.41, 5.74) is 0. The van der Waals surface area contributed by atoms with Crippen molar-refractivity contribution in [2.24, 2.45) is 17.8 Å². The van der Waals surface area contributed by atoms with Crippen molar-refractivity contribution in [2.45, 2.75) is 394 Å². The number of ether oxygens (including phenoxy) is 4. The van der Waals surface area contributed by atoms with Gasteiger partial charge in [0.25, 0.3) is 0 Å². The fourth-order valence-electron chi connectivity index (χ4n) is 11.2. The maximum atomic E-state index is 13.1. The van der Waals surface area contributed by atoms with Crippen LogP contribution in [0.1, 0.15) is 376 Å². The number of rotatable bonds is 72. The molecule has 3 N–H and O–H groups in total. The van der Waals surface area contributed by atoms with Crippen LogP contribution >= 0.6 is 15.6 Å². The summed E-state index contributed by atoms with van der Waals surface area (Å²) in [6, 6.07) is 0. The quantitative estimate of drug-likeness (QED) is 0.0222. The number of phosphoric ester groups is 2. The average molecular weight is 1370 g/mol. The van der Waals surface area contributed by atoms with Crippen molar-refractivity contribution >= 4 is 39.5 Å². The summed E-state index contributed by atoms with van der Waals surface area (Å²) < 4.78 is 68.4. The van der Waals surface area contributed by atoms with Gasteiger partial charge in [-0.1, -0.05) is 325 Å². The van der Waals surface area contributed by atoms with Crippen molar-refractivity contribution < 1.29 is 80.2 Å². The molecule has 0 aliphatic carbocycles. The second-order valence-electron chi connectivity index (χ2n) is 28.1. The molecular weight excluding hydrogens is 1220 g/mol. The van der Waals surface area contributed by atoms with Crippen LogP contribution in [0.15, 0.2) is 0 Å². The van der Waals surface area contributed by atoms with Crippen LogP contribution in [0.3, 0.4) is 0 Å². The first-order chi connectivity index (χ1) is 44.7. The Balaban J connectivity index is 5.24. The van der Waals surface area contributed by atoms with E-state index in [1.165, 1.54) is 186 Å². The first kappa shape index (κ1) is 91.1. The lowest BCUT2D eigenvalue weighted by Gasteiger charge is -2.21. The van der Waals surface area contributed by atoms with E-state index in [4.69, 9.17) is 37.0 Å². The van der Waals surface area contributed by atoms with Gasteiger partial charge in [0.05, 0.1) is 26.4 Å². The van der Waals surface area contributed by atoms with Crippen molar-refractivity contribution in [3.05, 3.63) is 0 Å². The minimum absolute atomic E-state index is 0.106. The molecule has 0 aliphatic rings. The molecule has 0 radical (unpaired) electrons. The van der Waals surface area contributed by atoms with Gasteiger partial charge in [-0.25, -0.2) is 9.13 Å². The third-order valence-electron chi connectivity index (χ3n) is 17.1. The lowest BCUT2D eigenvalue weighted by atomic mass is 10.0. The number of carbonyl (C=O) groups excluding carboxylic acids is 4. The molecule has 19 heteroatoms. The highest BCUT2D eigenvalue weighted by molar-refractivity contribution is 7.47. The van der Waals surface area contributed by atoms with Gasteiger partial charge in [0, 0.05) is 25.7 Å². The van der Waals surface area contributed by atoms with Crippen LogP contribution in [-0.4, -0.2) is 96.7 Å². The van der Waals surface area contributed by atoms with Crippen molar-refractivity contribution in [2.75, 3.05) is 39.6 Å². The smallest absolute Gasteiger partial charge is 0.462 e.